The number of rotatable bonds is 11. The maximum atomic E-state index is 13.7. The van der Waals surface area contributed by atoms with Gasteiger partial charge in [0.05, 0.1) is 25.3 Å². The fourth-order valence-corrected chi connectivity index (χ4v) is 7.34. The zero-order valence-corrected chi connectivity index (χ0v) is 28.2. The zero-order valence-electron chi connectivity index (χ0n) is 25.1. The Balaban J connectivity index is 1.58. The van der Waals surface area contributed by atoms with E-state index in [-0.39, 0.29) is 16.5 Å². The van der Waals surface area contributed by atoms with Gasteiger partial charge in [0.25, 0.3) is 5.78 Å². The zero-order chi connectivity index (χ0) is 32.2. The molecule has 0 bridgehead atoms. The first kappa shape index (κ1) is 32.8. The molecule has 1 amide bonds. The summed E-state index contributed by atoms with van der Waals surface area (Å²) < 4.78 is 12.1. The van der Waals surface area contributed by atoms with Gasteiger partial charge in [0.15, 0.2) is 15.8 Å². The van der Waals surface area contributed by atoms with Gasteiger partial charge < -0.3 is 14.6 Å². The number of carbonyl (C=O) groups excluding carboxylic acids is 2. The van der Waals surface area contributed by atoms with E-state index in [9.17, 15) is 14.7 Å². The number of nitrogens with zero attached hydrogens (tertiary/aromatic N) is 3. The number of aryl methyl sites for hydroxylation is 2. The third-order valence-electron chi connectivity index (χ3n) is 7.32. The van der Waals surface area contributed by atoms with Gasteiger partial charge in [0, 0.05) is 21.4 Å². The molecular weight excluding hydrogens is 653 g/mol. The lowest BCUT2D eigenvalue weighted by molar-refractivity contribution is -0.132. The predicted octanol–water partition coefficient (Wildman–Crippen LogP) is 8.57. The second-order valence-electron chi connectivity index (χ2n) is 10.5. The van der Waals surface area contributed by atoms with Crippen LogP contribution in [0, 0.1) is 13.8 Å². The van der Waals surface area contributed by atoms with E-state index < -0.39 is 17.7 Å². The number of halogens is 2. The molecule has 3 aromatic carbocycles. The average Bonchev–Trinajstić information content (AvgIpc) is 3.59. The highest BCUT2D eigenvalue weighted by molar-refractivity contribution is 8.00. The highest BCUT2D eigenvalue weighted by atomic mass is 35.5. The van der Waals surface area contributed by atoms with Crippen LogP contribution in [0.4, 0.5) is 5.13 Å². The van der Waals surface area contributed by atoms with Gasteiger partial charge in [-0.25, -0.2) is 0 Å². The molecule has 5 rings (SSSR count). The van der Waals surface area contributed by atoms with Crippen molar-refractivity contribution in [3.63, 3.8) is 0 Å². The summed E-state index contributed by atoms with van der Waals surface area (Å²) in [5, 5.41) is 21.5. The number of ketones is 1. The number of ether oxygens (including phenoxy) is 2. The number of carbonyl (C=O) groups is 2. The van der Waals surface area contributed by atoms with Crippen molar-refractivity contribution in [3.05, 3.63) is 98.0 Å². The number of methoxy groups -OCH3 is 1. The maximum absolute atomic E-state index is 13.7. The molecule has 1 atom stereocenters. The van der Waals surface area contributed by atoms with Gasteiger partial charge in [-0.3, -0.25) is 14.5 Å². The second kappa shape index (κ2) is 14.2. The standard InChI is InChI=1S/C33H31Cl2N3O5S2/c1-5-6-13-43-25-12-10-20(15-26(25)42-4)28-27(29(39)23-14-18(2)7-8-19(23)3)30(40)31(41)38(28)32-36-37-33(45-32)44-17-21-9-11-22(34)16-24(21)35/h7-12,14-16,28,39H,5-6,13,17H2,1-4H3/b29-27+. The molecule has 0 saturated carbocycles. The van der Waals surface area contributed by atoms with Gasteiger partial charge in [0.1, 0.15) is 5.76 Å². The van der Waals surface area contributed by atoms with Crippen molar-refractivity contribution < 1.29 is 24.2 Å². The van der Waals surface area contributed by atoms with Crippen molar-refractivity contribution >= 4 is 68.9 Å². The van der Waals surface area contributed by atoms with E-state index in [4.69, 9.17) is 32.7 Å². The van der Waals surface area contributed by atoms with Crippen LogP contribution >= 0.6 is 46.3 Å². The SMILES string of the molecule is CCCCOc1ccc(C2/C(=C(\O)c3cc(C)ccc3C)C(=O)C(=O)N2c2nnc(SCc3ccc(Cl)cc3Cl)s2)cc1OC. The Morgan fingerprint density at radius 1 is 1.04 bits per heavy atom. The summed E-state index contributed by atoms with van der Waals surface area (Å²) in [6, 6.07) is 15.1. The van der Waals surface area contributed by atoms with E-state index in [1.165, 1.54) is 35.1 Å². The van der Waals surface area contributed by atoms with Gasteiger partial charge in [0.2, 0.25) is 5.13 Å². The van der Waals surface area contributed by atoms with Crippen LogP contribution in [-0.4, -0.2) is 40.7 Å². The normalized spacial score (nSPS) is 16.0. The summed E-state index contributed by atoms with van der Waals surface area (Å²) >= 11 is 14.9. The fraction of sp³-hybridized carbons (Fsp3) is 0.273. The van der Waals surface area contributed by atoms with Crippen molar-refractivity contribution in [2.45, 2.75) is 49.7 Å². The number of aromatic nitrogens is 2. The van der Waals surface area contributed by atoms with Crippen molar-refractivity contribution in [1.82, 2.24) is 10.2 Å². The van der Waals surface area contributed by atoms with E-state index in [2.05, 4.69) is 17.1 Å². The number of amides is 1. The molecule has 8 nitrogen and oxygen atoms in total. The Morgan fingerprint density at radius 3 is 2.58 bits per heavy atom. The van der Waals surface area contributed by atoms with Gasteiger partial charge >= 0.3 is 5.91 Å². The van der Waals surface area contributed by atoms with Crippen molar-refractivity contribution in [3.8, 4) is 11.5 Å². The van der Waals surface area contributed by atoms with Gasteiger partial charge in [-0.15, -0.1) is 10.2 Å². The maximum Gasteiger partial charge on any atom is 0.301 e. The largest absolute Gasteiger partial charge is 0.507 e. The molecule has 4 aromatic rings. The van der Waals surface area contributed by atoms with Crippen molar-refractivity contribution in [2.24, 2.45) is 0 Å². The van der Waals surface area contributed by atoms with Crippen molar-refractivity contribution in [2.75, 3.05) is 18.6 Å². The summed E-state index contributed by atoms with van der Waals surface area (Å²) in [6.07, 6.45) is 1.85. The number of aliphatic hydroxyl groups is 1. The molecule has 1 aliphatic heterocycles. The summed E-state index contributed by atoms with van der Waals surface area (Å²) in [5.41, 5.74) is 3.49. The molecule has 2 heterocycles. The van der Waals surface area contributed by atoms with E-state index in [1.54, 1.807) is 36.4 Å². The van der Waals surface area contributed by atoms with E-state index >= 15 is 0 Å². The quantitative estimate of drug-likeness (QED) is 0.0419. The second-order valence-corrected chi connectivity index (χ2v) is 13.5. The molecule has 0 aliphatic carbocycles. The topological polar surface area (TPSA) is 102 Å². The number of anilines is 1. The van der Waals surface area contributed by atoms with Crippen LogP contribution in [0.3, 0.4) is 0 Å². The summed E-state index contributed by atoms with van der Waals surface area (Å²) in [4.78, 5) is 28.7. The van der Waals surface area contributed by atoms with Crippen LogP contribution in [0.2, 0.25) is 10.0 Å². The Bertz CT molecular complexity index is 1790. The lowest BCUT2D eigenvalue weighted by Gasteiger charge is -2.23. The van der Waals surface area contributed by atoms with E-state index in [1.807, 2.05) is 32.0 Å². The van der Waals surface area contributed by atoms with Gasteiger partial charge in [-0.05, 0) is 67.3 Å². The molecule has 0 radical (unpaired) electrons. The molecule has 12 heteroatoms. The number of hydrogen-bond donors (Lipinski definition) is 1. The minimum absolute atomic E-state index is 0.0484. The molecule has 1 N–H and O–H groups in total. The fourth-order valence-electron chi connectivity index (χ4n) is 4.92. The van der Waals surface area contributed by atoms with Gasteiger partial charge in [-0.1, -0.05) is 89.5 Å². The number of unbranched alkanes of at least 4 members (excludes halogenated alkanes) is 1. The Hall–Kier alpha value is -3.57. The molecule has 45 heavy (non-hydrogen) atoms. The highest BCUT2D eigenvalue weighted by Gasteiger charge is 2.48. The third-order valence-corrected chi connectivity index (χ3v) is 10.0. The molecule has 1 saturated heterocycles. The van der Waals surface area contributed by atoms with E-state index in [0.29, 0.717) is 49.4 Å². The summed E-state index contributed by atoms with van der Waals surface area (Å²) in [5.74, 6) is -0.428. The highest BCUT2D eigenvalue weighted by Crippen LogP contribution is 2.46. The molecule has 1 fully saturated rings. The van der Waals surface area contributed by atoms with Crippen LogP contribution in [-0.2, 0) is 15.3 Å². The minimum Gasteiger partial charge on any atom is -0.507 e. The first-order valence-corrected chi connectivity index (χ1v) is 16.8. The number of aliphatic hydroxyl groups excluding tert-OH is 1. The molecule has 1 aromatic heterocycles. The number of thioether (sulfide) groups is 1. The lowest BCUT2D eigenvalue weighted by Crippen LogP contribution is -2.29. The Labute approximate surface area is 280 Å². The number of benzene rings is 3. The third kappa shape index (κ3) is 6.99. The van der Waals surface area contributed by atoms with Crippen LogP contribution < -0.4 is 14.4 Å². The minimum atomic E-state index is -1.000. The molecule has 1 unspecified atom stereocenters. The Kier molecular flexibility index (Phi) is 10.4. The van der Waals surface area contributed by atoms with Crippen LogP contribution in [0.15, 0.2) is 64.5 Å². The summed E-state index contributed by atoms with van der Waals surface area (Å²) in [7, 11) is 1.53. The first-order chi connectivity index (χ1) is 21.6. The number of hydrogen-bond acceptors (Lipinski definition) is 9. The Morgan fingerprint density at radius 2 is 1.84 bits per heavy atom. The molecular formula is C33H31Cl2N3O5S2. The van der Waals surface area contributed by atoms with Crippen LogP contribution in [0.1, 0.15) is 53.6 Å². The lowest BCUT2D eigenvalue weighted by atomic mass is 9.93. The smallest absolute Gasteiger partial charge is 0.301 e. The molecule has 0 spiro atoms. The number of Topliss-reactive ketones (excluding diaryl/α,β-unsaturated/α-hetero) is 1. The first-order valence-electron chi connectivity index (χ1n) is 14.2. The van der Waals surface area contributed by atoms with Gasteiger partial charge in [-0.2, -0.15) is 0 Å². The average molecular weight is 685 g/mol. The summed E-state index contributed by atoms with van der Waals surface area (Å²) in [6.45, 7) is 6.33. The monoisotopic (exact) mass is 683 g/mol. The predicted molar refractivity (Wildman–Crippen MR) is 180 cm³/mol. The van der Waals surface area contributed by atoms with Crippen LogP contribution in [0.25, 0.3) is 5.76 Å². The molecule has 1 aliphatic rings. The van der Waals surface area contributed by atoms with E-state index in [0.717, 1.165) is 29.5 Å². The molecule has 234 valence electrons. The van der Waals surface area contributed by atoms with Crippen LogP contribution in [0.5, 0.6) is 11.5 Å². The van der Waals surface area contributed by atoms with Crippen molar-refractivity contribution in [1.29, 1.82) is 0 Å².